The number of anilines is 1. The second kappa shape index (κ2) is 7.89. The third-order valence-electron chi connectivity index (χ3n) is 2.30. The van der Waals surface area contributed by atoms with E-state index in [9.17, 15) is 18.0 Å². The van der Waals surface area contributed by atoms with Crippen molar-refractivity contribution in [2.45, 2.75) is 59.4 Å². The number of thiazole rings is 1. The van der Waals surface area contributed by atoms with Gasteiger partial charge in [0.15, 0.2) is 0 Å². The number of rotatable bonds is 4. The van der Waals surface area contributed by atoms with Crippen LogP contribution < -0.4 is 4.90 Å². The number of amides is 2. The molecule has 0 aliphatic heterocycles. The maximum Gasteiger partial charge on any atom is 0.426 e. The molecule has 1 rings (SSSR count). The minimum atomic E-state index is -3.65. The lowest BCUT2D eigenvalue weighted by molar-refractivity contribution is 0.0430. The fourth-order valence-corrected chi connectivity index (χ4v) is 2.60. The zero-order valence-corrected chi connectivity index (χ0v) is 17.5. The Morgan fingerprint density at radius 1 is 1.08 bits per heavy atom. The summed E-state index contributed by atoms with van der Waals surface area (Å²) >= 11 is 0.955. The molecule has 9 nitrogen and oxygen atoms in total. The van der Waals surface area contributed by atoms with Gasteiger partial charge >= 0.3 is 12.2 Å². The van der Waals surface area contributed by atoms with Crippen LogP contribution in [0.5, 0.6) is 0 Å². The van der Waals surface area contributed by atoms with Crippen molar-refractivity contribution < 1.29 is 31.7 Å². The average Bonchev–Trinajstić information content (AvgIpc) is 2.79. The van der Waals surface area contributed by atoms with Crippen molar-refractivity contribution >= 4 is 38.8 Å². The topological polar surface area (TPSA) is 112 Å². The fraction of sp³-hybridized carbons (Fsp3) is 0.667. The maximum atomic E-state index is 12.5. The number of ether oxygens (including phenoxy) is 2. The molecule has 2 amide bonds. The molecule has 0 N–H and O–H groups in total. The number of hydrogen-bond acceptors (Lipinski definition) is 9. The van der Waals surface area contributed by atoms with Crippen molar-refractivity contribution in [2.75, 3.05) is 11.2 Å². The monoisotopic (exact) mass is 408 g/mol. The molecule has 0 unspecified atom stereocenters. The number of carbonyl (C=O) groups excluding carboxylic acids is 2. The van der Waals surface area contributed by atoms with Gasteiger partial charge in [-0.25, -0.2) is 14.6 Å². The van der Waals surface area contributed by atoms with Crippen molar-refractivity contribution in [2.24, 2.45) is 0 Å². The van der Waals surface area contributed by atoms with Gasteiger partial charge in [0, 0.05) is 5.38 Å². The van der Waals surface area contributed by atoms with Crippen LogP contribution in [0.1, 0.15) is 47.2 Å². The second-order valence-electron chi connectivity index (χ2n) is 7.38. The molecule has 0 saturated heterocycles. The first-order valence-electron chi connectivity index (χ1n) is 7.62. The highest BCUT2D eigenvalue weighted by atomic mass is 32.2. The Bertz CT molecular complexity index is 730. The van der Waals surface area contributed by atoms with E-state index < -0.39 is 33.5 Å². The van der Waals surface area contributed by atoms with Crippen molar-refractivity contribution in [3.8, 4) is 0 Å². The Morgan fingerprint density at radius 2 is 1.54 bits per heavy atom. The molecule has 0 aromatic carbocycles. The van der Waals surface area contributed by atoms with Gasteiger partial charge < -0.3 is 9.47 Å². The Kier molecular flexibility index (Phi) is 6.77. The summed E-state index contributed by atoms with van der Waals surface area (Å²) in [7, 11) is -3.65. The van der Waals surface area contributed by atoms with E-state index >= 15 is 0 Å². The summed E-state index contributed by atoms with van der Waals surface area (Å²) in [6, 6.07) is 0. The quantitative estimate of drug-likeness (QED) is 0.698. The third kappa shape index (κ3) is 8.11. The zero-order chi connectivity index (χ0) is 20.3. The number of imide groups is 1. The zero-order valence-electron chi connectivity index (χ0n) is 15.9. The van der Waals surface area contributed by atoms with Crippen LogP contribution in [0.25, 0.3) is 0 Å². The molecule has 0 spiro atoms. The first-order chi connectivity index (χ1) is 11.6. The lowest BCUT2D eigenvalue weighted by Crippen LogP contribution is -2.43. The van der Waals surface area contributed by atoms with Crippen LogP contribution in [-0.2, 0) is 30.4 Å². The second-order valence-corrected chi connectivity index (χ2v) is 9.86. The lowest BCUT2D eigenvalue weighted by atomic mass is 10.2. The Labute approximate surface area is 157 Å². The summed E-state index contributed by atoms with van der Waals surface area (Å²) in [4.78, 5) is 29.7. The fourth-order valence-electron chi connectivity index (χ4n) is 1.48. The van der Waals surface area contributed by atoms with Gasteiger partial charge in [-0.3, -0.25) is 4.18 Å². The molecular formula is C15H24N2O7S2. The smallest absolute Gasteiger partial charge is 0.426 e. The number of nitrogens with zero attached hydrogens (tertiary/aromatic N) is 2. The van der Waals surface area contributed by atoms with Crippen molar-refractivity contribution in [1.29, 1.82) is 0 Å². The third-order valence-corrected chi connectivity index (χ3v) is 3.72. The van der Waals surface area contributed by atoms with Gasteiger partial charge in [-0.05, 0) is 41.5 Å². The molecule has 1 heterocycles. The van der Waals surface area contributed by atoms with E-state index in [0.29, 0.717) is 4.90 Å². The molecule has 0 fully saturated rings. The van der Waals surface area contributed by atoms with Gasteiger partial charge in [-0.15, -0.1) is 11.3 Å². The highest BCUT2D eigenvalue weighted by Gasteiger charge is 2.34. The van der Waals surface area contributed by atoms with E-state index in [2.05, 4.69) is 9.17 Å². The van der Waals surface area contributed by atoms with E-state index in [1.54, 1.807) is 41.5 Å². The van der Waals surface area contributed by atoms with Crippen LogP contribution in [0.4, 0.5) is 14.7 Å². The molecule has 0 aliphatic rings. The van der Waals surface area contributed by atoms with Crippen LogP contribution in [0.2, 0.25) is 0 Å². The molecule has 148 valence electrons. The summed E-state index contributed by atoms with van der Waals surface area (Å²) < 4.78 is 37.3. The van der Waals surface area contributed by atoms with Crippen LogP contribution in [0.15, 0.2) is 5.38 Å². The van der Waals surface area contributed by atoms with Crippen molar-refractivity contribution in [3.63, 3.8) is 0 Å². The summed E-state index contributed by atoms with van der Waals surface area (Å²) in [6.07, 6.45) is -0.984. The van der Waals surface area contributed by atoms with Gasteiger partial charge in [0.25, 0.3) is 10.1 Å². The van der Waals surface area contributed by atoms with Gasteiger partial charge in [-0.2, -0.15) is 13.3 Å². The number of aromatic nitrogens is 1. The summed E-state index contributed by atoms with van der Waals surface area (Å²) in [5, 5.41) is 1.46. The van der Waals surface area contributed by atoms with Gasteiger partial charge in [-0.1, -0.05) is 0 Å². The highest BCUT2D eigenvalue weighted by molar-refractivity contribution is 7.85. The minimum absolute atomic E-state index is 0.0133. The van der Waals surface area contributed by atoms with Crippen LogP contribution in [-0.4, -0.2) is 43.0 Å². The molecular weight excluding hydrogens is 384 g/mol. The predicted octanol–water partition coefficient (Wildman–Crippen LogP) is 3.30. The molecule has 0 aliphatic carbocycles. The maximum absolute atomic E-state index is 12.5. The summed E-state index contributed by atoms with van der Waals surface area (Å²) in [5.74, 6) is 0. The average molecular weight is 408 g/mol. The van der Waals surface area contributed by atoms with E-state index in [1.807, 2.05) is 0 Å². The lowest BCUT2D eigenvalue weighted by Gasteiger charge is -2.27. The molecule has 1 aromatic heterocycles. The standard InChI is InChI=1S/C15H24N2O7S2/c1-14(2,3)23-12(18)17(13(19)24-15(4,5)6)11-16-10(9-25-11)8-22-26(7,20)21/h9H,8H2,1-7H3. The molecule has 0 bridgehead atoms. The number of carbonyl (C=O) groups is 2. The predicted molar refractivity (Wildman–Crippen MR) is 96.7 cm³/mol. The first-order valence-corrected chi connectivity index (χ1v) is 10.3. The van der Waals surface area contributed by atoms with E-state index in [1.165, 1.54) is 5.38 Å². The Balaban J connectivity index is 3.10. The van der Waals surface area contributed by atoms with Crippen LogP contribution >= 0.6 is 11.3 Å². The summed E-state index contributed by atoms with van der Waals surface area (Å²) in [5.41, 5.74) is -1.43. The molecule has 11 heteroatoms. The summed E-state index contributed by atoms with van der Waals surface area (Å²) in [6.45, 7) is 9.64. The molecule has 26 heavy (non-hydrogen) atoms. The molecule has 0 atom stereocenters. The van der Waals surface area contributed by atoms with Gasteiger partial charge in [0.05, 0.1) is 11.9 Å². The van der Waals surface area contributed by atoms with E-state index in [4.69, 9.17) is 9.47 Å². The highest BCUT2D eigenvalue weighted by Crippen LogP contribution is 2.25. The van der Waals surface area contributed by atoms with Crippen LogP contribution in [0, 0.1) is 0 Å². The number of hydrogen-bond donors (Lipinski definition) is 0. The normalized spacial score (nSPS) is 12.6. The van der Waals surface area contributed by atoms with Crippen molar-refractivity contribution in [1.82, 2.24) is 4.98 Å². The minimum Gasteiger partial charge on any atom is -0.443 e. The molecule has 0 radical (unpaired) electrons. The SMILES string of the molecule is CC(C)(C)OC(=O)N(C(=O)OC(C)(C)C)c1nc(COS(C)(=O)=O)cs1. The Hall–Kier alpha value is -1.72. The first kappa shape index (κ1) is 22.3. The largest absolute Gasteiger partial charge is 0.443 e. The Morgan fingerprint density at radius 3 is 1.92 bits per heavy atom. The molecule has 0 saturated carbocycles. The van der Waals surface area contributed by atoms with E-state index in [-0.39, 0.29) is 17.4 Å². The van der Waals surface area contributed by atoms with Crippen molar-refractivity contribution in [3.05, 3.63) is 11.1 Å². The van der Waals surface area contributed by atoms with Gasteiger partial charge in [0.1, 0.15) is 17.8 Å². The van der Waals surface area contributed by atoms with Gasteiger partial charge in [0.2, 0.25) is 5.13 Å². The van der Waals surface area contributed by atoms with Crippen LogP contribution in [0.3, 0.4) is 0 Å². The molecule has 1 aromatic rings. The van der Waals surface area contributed by atoms with E-state index in [0.717, 1.165) is 17.6 Å².